The largest absolute Gasteiger partial charge is 0.338 e. The maximum Gasteiger partial charge on any atom is 0.338 e. The van der Waals surface area contributed by atoms with Gasteiger partial charge in [-0.05, 0) is 24.6 Å². The van der Waals surface area contributed by atoms with Crippen molar-refractivity contribution in [2.45, 2.75) is 6.92 Å². The van der Waals surface area contributed by atoms with Gasteiger partial charge in [-0.2, -0.15) is 0 Å². The highest BCUT2D eigenvalue weighted by molar-refractivity contribution is 6.37. The van der Waals surface area contributed by atoms with E-state index >= 15 is 0 Å². The monoisotopic (exact) mass is 246 g/mol. The number of hydrogen-bond donors (Lipinski definition) is 0. The summed E-state index contributed by atoms with van der Waals surface area (Å²) >= 11 is 11.8. The minimum absolute atomic E-state index is 0.309. The van der Waals surface area contributed by atoms with Gasteiger partial charge in [-0.3, -0.25) is 0 Å². The molecule has 0 aliphatic carbocycles. The number of rotatable bonds is 1. The fraction of sp³-hybridized carbons (Fsp3) is 0.300. The predicted octanol–water partition coefficient (Wildman–Crippen LogP) is 3.29. The van der Waals surface area contributed by atoms with Gasteiger partial charge in [0.1, 0.15) is 0 Å². The van der Waals surface area contributed by atoms with Gasteiger partial charge >= 0.3 is 6.03 Å². The van der Waals surface area contributed by atoms with Gasteiger partial charge in [-0.25, -0.2) is 9.21 Å². The predicted molar refractivity (Wildman–Crippen MR) is 63.6 cm³/mol. The number of hydrogen-bond acceptors (Lipinski definition) is 1. The summed E-state index contributed by atoms with van der Waals surface area (Å²) in [4.78, 5) is 12.9. The number of carbonyl (C=O) groups is 1. The summed E-state index contributed by atoms with van der Waals surface area (Å²) in [5.74, 6) is 0. The van der Waals surface area contributed by atoms with Crippen LogP contribution in [0.4, 0.5) is 10.5 Å². The highest BCUT2D eigenvalue weighted by Crippen LogP contribution is 2.24. The number of anilines is 1. The van der Waals surface area contributed by atoms with Crippen molar-refractivity contribution < 1.29 is 4.79 Å². The van der Waals surface area contributed by atoms with Crippen LogP contribution in [0.3, 0.4) is 0 Å². The molecular formula is C10H12Cl2N2O. The summed E-state index contributed by atoms with van der Waals surface area (Å²) in [6.07, 6.45) is 0. The third kappa shape index (κ3) is 2.76. The van der Waals surface area contributed by atoms with E-state index in [4.69, 9.17) is 23.4 Å². The van der Waals surface area contributed by atoms with Crippen LogP contribution in [-0.2, 0) is 0 Å². The SMILES string of the molecule is Cc1ccc(N(Cl)C(=O)N(C)C)cc1Cl. The highest BCUT2D eigenvalue weighted by atomic mass is 35.5. The number of benzene rings is 1. The van der Waals surface area contributed by atoms with Gasteiger partial charge in [0.2, 0.25) is 0 Å². The minimum atomic E-state index is -0.309. The first kappa shape index (κ1) is 12.1. The van der Waals surface area contributed by atoms with E-state index in [1.54, 1.807) is 26.2 Å². The second-order valence-corrected chi connectivity index (χ2v) is 4.14. The lowest BCUT2D eigenvalue weighted by Gasteiger charge is -2.19. The molecule has 0 saturated carbocycles. The van der Waals surface area contributed by atoms with Crippen molar-refractivity contribution in [1.82, 2.24) is 4.90 Å². The molecule has 0 aliphatic rings. The zero-order valence-corrected chi connectivity index (χ0v) is 10.3. The lowest BCUT2D eigenvalue weighted by molar-refractivity contribution is 0.227. The number of halogens is 2. The van der Waals surface area contributed by atoms with Gasteiger partial charge in [0, 0.05) is 30.9 Å². The molecule has 0 bridgehead atoms. The highest BCUT2D eigenvalue weighted by Gasteiger charge is 2.15. The lowest BCUT2D eigenvalue weighted by Crippen LogP contribution is -2.32. The van der Waals surface area contributed by atoms with Gasteiger partial charge in [0.25, 0.3) is 0 Å². The molecule has 1 aromatic rings. The first-order chi connectivity index (χ1) is 6.93. The van der Waals surface area contributed by atoms with E-state index in [1.807, 2.05) is 13.0 Å². The normalized spacial score (nSPS) is 9.93. The minimum Gasteiger partial charge on any atom is -0.329 e. The zero-order valence-electron chi connectivity index (χ0n) is 8.79. The van der Waals surface area contributed by atoms with Crippen LogP contribution in [0.5, 0.6) is 0 Å². The van der Waals surface area contributed by atoms with Crippen molar-refractivity contribution >= 4 is 35.1 Å². The molecule has 0 radical (unpaired) electrons. The summed E-state index contributed by atoms with van der Waals surface area (Å²) in [6, 6.07) is 4.91. The molecule has 0 N–H and O–H groups in total. The summed E-state index contributed by atoms with van der Waals surface area (Å²) in [7, 11) is 3.26. The van der Waals surface area contributed by atoms with Crippen molar-refractivity contribution in [1.29, 1.82) is 0 Å². The molecule has 82 valence electrons. The third-order valence-corrected chi connectivity index (χ3v) is 2.68. The summed E-state index contributed by atoms with van der Waals surface area (Å²) in [5.41, 5.74) is 1.51. The Morgan fingerprint density at radius 3 is 2.40 bits per heavy atom. The van der Waals surface area contributed by atoms with Crippen LogP contribution in [0, 0.1) is 6.92 Å². The molecule has 0 spiro atoms. The van der Waals surface area contributed by atoms with Crippen LogP contribution < -0.4 is 4.42 Å². The second-order valence-electron chi connectivity index (χ2n) is 3.39. The third-order valence-electron chi connectivity index (χ3n) is 1.93. The van der Waals surface area contributed by atoms with Crippen LogP contribution in [0.25, 0.3) is 0 Å². The number of amides is 2. The lowest BCUT2D eigenvalue weighted by atomic mass is 10.2. The van der Waals surface area contributed by atoms with E-state index in [1.165, 1.54) is 4.90 Å². The first-order valence-electron chi connectivity index (χ1n) is 4.37. The van der Waals surface area contributed by atoms with Gasteiger partial charge < -0.3 is 4.90 Å². The topological polar surface area (TPSA) is 23.6 Å². The Kier molecular flexibility index (Phi) is 3.83. The van der Waals surface area contributed by atoms with E-state index in [0.29, 0.717) is 10.7 Å². The first-order valence-corrected chi connectivity index (χ1v) is 5.08. The Morgan fingerprint density at radius 2 is 1.93 bits per heavy atom. The molecule has 0 fully saturated rings. The molecule has 0 unspecified atom stereocenters. The van der Waals surface area contributed by atoms with Crippen molar-refractivity contribution in [3.05, 3.63) is 28.8 Å². The molecule has 3 nitrogen and oxygen atoms in total. The Morgan fingerprint density at radius 1 is 1.33 bits per heavy atom. The van der Waals surface area contributed by atoms with E-state index < -0.39 is 0 Å². The number of urea groups is 1. The number of carbonyl (C=O) groups excluding carboxylic acids is 1. The molecule has 5 heteroatoms. The van der Waals surface area contributed by atoms with Crippen LogP contribution in [0.1, 0.15) is 5.56 Å². The maximum absolute atomic E-state index is 11.5. The van der Waals surface area contributed by atoms with Gasteiger partial charge in [0.05, 0.1) is 5.69 Å². The molecular weight excluding hydrogens is 235 g/mol. The van der Waals surface area contributed by atoms with Gasteiger partial charge in [-0.1, -0.05) is 17.7 Å². The molecule has 1 rings (SSSR count). The van der Waals surface area contributed by atoms with E-state index in [9.17, 15) is 4.79 Å². The Labute approximate surface area is 99.3 Å². The second kappa shape index (κ2) is 4.73. The molecule has 2 amide bonds. The van der Waals surface area contributed by atoms with Gasteiger partial charge in [-0.15, -0.1) is 0 Å². The number of aryl methyl sites for hydroxylation is 1. The molecule has 0 aliphatic heterocycles. The maximum atomic E-state index is 11.5. The van der Waals surface area contributed by atoms with Crippen LogP contribution in [-0.4, -0.2) is 25.0 Å². The average Bonchev–Trinajstić information content (AvgIpc) is 2.19. The molecule has 0 aromatic heterocycles. The van der Waals surface area contributed by atoms with E-state index in [0.717, 1.165) is 9.98 Å². The van der Waals surface area contributed by atoms with Crippen LogP contribution in [0.2, 0.25) is 5.02 Å². The smallest absolute Gasteiger partial charge is 0.329 e. The standard InChI is InChI=1S/C10H12Cl2N2O/c1-7-4-5-8(6-9(7)11)14(12)10(15)13(2)3/h4-6H,1-3H3. The van der Waals surface area contributed by atoms with Crippen molar-refractivity contribution in [2.24, 2.45) is 0 Å². The average molecular weight is 247 g/mol. The van der Waals surface area contributed by atoms with Crippen LogP contribution >= 0.6 is 23.4 Å². The van der Waals surface area contributed by atoms with E-state index in [-0.39, 0.29) is 6.03 Å². The Hall–Kier alpha value is -0.930. The Bertz CT molecular complexity index is 380. The van der Waals surface area contributed by atoms with Crippen molar-refractivity contribution in [3.63, 3.8) is 0 Å². The van der Waals surface area contributed by atoms with Crippen LogP contribution in [0.15, 0.2) is 18.2 Å². The molecule has 15 heavy (non-hydrogen) atoms. The van der Waals surface area contributed by atoms with Crippen molar-refractivity contribution in [3.8, 4) is 0 Å². The summed E-state index contributed by atoms with van der Waals surface area (Å²) in [6.45, 7) is 1.89. The molecule has 1 aromatic carbocycles. The van der Waals surface area contributed by atoms with Gasteiger partial charge in [0.15, 0.2) is 0 Å². The summed E-state index contributed by atoms with van der Waals surface area (Å²) < 4.78 is 1.03. The van der Waals surface area contributed by atoms with Crippen molar-refractivity contribution in [2.75, 3.05) is 18.5 Å². The quantitative estimate of drug-likeness (QED) is 0.698. The number of nitrogens with zero attached hydrogens (tertiary/aromatic N) is 2. The fourth-order valence-corrected chi connectivity index (χ4v) is 1.42. The molecule has 0 heterocycles. The summed E-state index contributed by atoms with van der Waals surface area (Å²) in [5, 5.41) is 0.588. The van der Waals surface area contributed by atoms with E-state index in [2.05, 4.69) is 0 Å². The molecule has 0 atom stereocenters. The fourth-order valence-electron chi connectivity index (χ4n) is 0.990. The Balaban J connectivity index is 2.97. The molecule has 0 saturated heterocycles. The zero-order chi connectivity index (χ0) is 11.6.